The number of allylic oxidation sites excluding steroid dienone is 1. The Morgan fingerprint density at radius 3 is 2.86 bits per heavy atom. The molecule has 2 N–H and O–H groups in total. The van der Waals surface area contributed by atoms with E-state index in [0.29, 0.717) is 19.0 Å². The molecule has 2 heterocycles. The maximum atomic E-state index is 11.9. The van der Waals surface area contributed by atoms with Crippen molar-refractivity contribution in [3.05, 3.63) is 11.6 Å². The summed E-state index contributed by atoms with van der Waals surface area (Å²) in [5.41, 5.74) is 0.849. The van der Waals surface area contributed by atoms with Gasteiger partial charge in [0.15, 0.2) is 6.61 Å². The maximum Gasteiger partial charge on any atom is 0.422 e. The number of ether oxygens (including phenoxy) is 2. The number of halogens is 3. The first-order valence-electron chi connectivity index (χ1n) is 8.37. The number of dihydropyridines is 1. The van der Waals surface area contributed by atoms with E-state index in [2.05, 4.69) is 36.4 Å². The van der Waals surface area contributed by atoms with Crippen LogP contribution in [-0.4, -0.2) is 76.2 Å². The van der Waals surface area contributed by atoms with Crippen LogP contribution in [0.1, 0.15) is 0 Å². The first-order valence-corrected chi connectivity index (χ1v) is 8.37. The van der Waals surface area contributed by atoms with Gasteiger partial charge < -0.3 is 20.1 Å². The van der Waals surface area contributed by atoms with E-state index in [9.17, 15) is 18.0 Å². The molecular weight excluding hydrogens is 381 g/mol. The smallest absolute Gasteiger partial charge is 0.422 e. The van der Waals surface area contributed by atoms with E-state index in [-0.39, 0.29) is 31.7 Å². The number of rotatable bonds is 7. The van der Waals surface area contributed by atoms with Crippen LogP contribution in [0, 0.1) is 17.2 Å². The maximum absolute atomic E-state index is 11.9. The monoisotopic (exact) mass is 400 g/mol. The Morgan fingerprint density at radius 1 is 1.36 bits per heavy atom. The molecule has 2 aliphatic rings. The van der Waals surface area contributed by atoms with E-state index >= 15 is 0 Å². The van der Waals surface area contributed by atoms with E-state index in [4.69, 9.17) is 10.00 Å². The molecule has 0 bridgehead atoms. The predicted molar refractivity (Wildman–Crippen MR) is 94.5 cm³/mol. The Labute approximate surface area is 159 Å². The summed E-state index contributed by atoms with van der Waals surface area (Å²) in [5.74, 6) is 0.0332. The number of hydrogen-bond acceptors (Lipinski definition) is 8. The zero-order valence-electron chi connectivity index (χ0n) is 14.8. The van der Waals surface area contributed by atoms with E-state index in [0.717, 1.165) is 5.57 Å². The summed E-state index contributed by atoms with van der Waals surface area (Å²) in [4.78, 5) is 23.4. The van der Waals surface area contributed by atoms with Gasteiger partial charge in [-0.1, -0.05) is 0 Å². The van der Waals surface area contributed by atoms with Gasteiger partial charge >= 0.3 is 12.3 Å². The lowest BCUT2D eigenvalue weighted by Crippen LogP contribution is -2.37. The van der Waals surface area contributed by atoms with Gasteiger partial charge in [0.1, 0.15) is 6.10 Å². The van der Waals surface area contributed by atoms with E-state index in [1.807, 2.05) is 0 Å². The average molecular weight is 400 g/mol. The van der Waals surface area contributed by atoms with Gasteiger partial charge in [-0.05, 0) is 11.6 Å². The molecule has 2 atom stereocenters. The lowest BCUT2D eigenvalue weighted by atomic mass is 9.99. The van der Waals surface area contributed by atoms with Crippen LogP contribution in [0.15, 0.2) is 26.6 Å². The lowest BCUT2D eigenvalue weighted by Gasteiger charge is -2.19. The summed E-state index contributed by atoms with van der Waals surface area (Å²) >= 11 is 0. The molecule has 12 heteroatoms. The zero-order valence-corrected chi connectivity index (χ0v) is 14.8. The highest BCUT2D eigenvalue weighted by Crippen LogP contribution is 2.15. The van der Waals surface area contributed by atoms with Gasteiger partial charge in [0.05, 0.1) is 31.7 Å². The first-order chi connectivity index (χ1) is 13.4. The van der Waals surface area contributed by atoms with Gasteiger partial charge in [0, 0.05) is 25.5 Å². The summed E-state index contributed by atoms with van der Waals surface area (Å²) in [6.45, 7) is -0.359. The normalized spacial score (nSPS) is 21.4. The van der Waals surface area contributed by atoms with Crippen molar-refractivity contribution in [2.45, 2.75) is 12.3 Å². The van der Waals surface area contributed by atoms with Crippen LogP contribution in [0.5, 0.6) is 0 Å². The fourth-order valence-electron chi connectivity index (χ4n) is 2.18. The standard InChI is InChI=1S/C16H19F3N6O3/c17-16(18,19)10-28-15(26)23-4-3-22-14-24-7-13(8-25-14)27-9-11-1-2-21-6-12(11)5-20/h1-2,7,12-13H,3-4,6,8-10H2,(H,22,25)(H,23,26). The highest BCUT2D eigenvalue weighted by molar-refractivity contribution is 5.90. The Bertz CT molecular complexity index is 711. The predicted octanol–water partition coefficient (Wildman–Crippen LogP) is 0.841. The van der Waals surface area contributed by atoms with Crippen LogP contribution in [0.25, 0.3) is 0 Å². The molecule has 152 valence electrons. The van der Waals surface area contributed by atoms with Crippen molar-refractivity contribution in [3.63, 3.8) is 0 Å². The number of nitrogens with one attached hydrogen (secondary N) is 2. The third-order valence-corrected chi connectivity index (χ3v) is 3.58. The lowest BCUT2D eigenvalue weighted by molar-refractivity contribution is -0.160. The minimum absolute atomic E-state index is 0.0381. The first kappa shape index (κ1) is 21.4. The van der Waals surface area contributed by atoms with Crippen molar-refractivity contribution < 1.29 is 27.4 Å². The molecule has 0 aromatic rings. The van der Waals surface area contributed by atoms with Crippen LogP contribution in [0.3, 0.4) is 0 Å². The Kier molecular flexibility index (Phi) is 7.94. The van der Waals surface area contributed by atoms with Gasteiger partial charge in [-0.15, -0.1) is 0 Å². The van der Waals surface area contributed by atoms with E-state index < -0.39 is 18.9 Å². The summed E-state index contributed by atoms with van der Waals surface area (Å²) in [6.07, 6.45) is -1.07. The molecule has 1 amide bonds. The van der Waals surface area contributed by atoms with Crippen LogP contribution >= 0.6 is 0 Å². The number of guanidine groups is 1. The van der Waals surface area contributed by atoms with Crippen molar-refractivity contribution >= 4 is 24.5 Å². The molecule has 2 rings (SSSR count). The number of hydrogen-bond donors (Lipinski definition) is 2. The van der Waals surface area contributed by atoms with Crippen molar-refractivity contribution in [2.24, 2.45) is 20.9 Å². The quantitative estimate of drug-likeness (QED) is 0.614. The highest BCUT2D eigenvalue weighted by Gasteiger charge is 2.29. The number of alkyl carbamates (subject to hydrolysis) is 1. The number of alkyl halides is 3. The number of carbonyl (C=O) groups excluding carboxylic acids is 1. The number of nitrogens with zero attached hydrogens (tertiary/aromatic N) is 4. The molecule has 0 aromatic heterocycles. The topological polar surface area (TPSA) is 120 Å². The molecule has 9 nitrogen and oxygen atoms in total. The molecule has 0 aliphatic carbocycles. The molecule has 0 radical (unpaired) electrons. The molecule has 0 spiro atoms. The van der Waals surface area contributed by atoms with Crippen LogP contribution in [-0.2, 0) is 9.47 Å². The van der Waals surface area contributed by atoms with Crippen LogP contribution < -0.4 is 10.6 Å². The minimum Gasteiger partial charge on any atom is -0.440 e. The second-order valence-electron chi connectivity index (χ2n) is 5.77. The number of nitriles is 1. The van der Waals surface area contributed by atoms with E-state index in [1.165, 1.54) is 0 Å². The molecule has 0 fully saturated rings. The second kappa shape index (κ2) is 10.4. The van der Waals surface area contributed by atoms with Crippen LogP contribution in [0.4, 0.5) is 18.0 Å². The van der Waals surface area contributed by atoms with Crippen LogP contribution in [0.2, 0.25) is 0 Å². The number of amides is 1. The fourth-order valence-corrected chi connectivity index (χ4v) is 2.18. The molecular formula is C16H19F3N6O3. The SMILES string of the molecule is N#CC1CN=CC=C1COC1C=NC(NCCNC(=O)OCC(F)(F)F)=NC1. The van der Waals surface area contributed by atoms with Crippen molar-refractivity contribution in [3.8, 4) is 6.07 Å². The summed E-state index contributed by atoms with van der Waals surface area (Å²) in [7, 11) is 0. The second-order valence-corrected chi connectivity index (χ2v) is 5.77. The highest BCUT2D eigenvalue weighted by atomic mass is 19.4. The van der Waals surface area contributed by atoms with Crippen molar-refractivity contribution in [1.82, 2.24) is 10.6 Å². The number of aliphatic imine (C=N–C) groups is 3. The Balaban J connectivity index is 1.60. The summed E-state index contributed by atoms with van der Waals surface area (Å²) in [5, 5.41) is 14.1. The van der Waals surface area contributed by atoms with E-state index in [1.54, 1.807) is 18.5 Å². The van der Waals surface area contributed by atoms with Gasteiger partial charge in [-0.3, -0.25) is 4.99 Å². The molecule has 2 unspecified atom stereocenters. The Hall–Kier alpha value is -2.94. The molecule has 28 heavy (non-hydrogen) atoms. The third-order valence-electron chi connectivity index (χ3n) is 3.58. The molecule has 0 saturated heterocycles. The van der Waals surface area contributed by atoms with Crippen molar-refractivity contribution in [2.75, 3.05) is 39.4 Å². The van der Waals surface area contributed by atoms with Gasteiger partial charge in [0.2, 0.25) is 5.96 Å². The largest absolute Gasteiger partial charge is 0.440 e. The van der Waals surface area contributed by atoms with Gasteiger partial charge in [-0.2, -0.15) is 18.4 Å². The van der Waals surface area contributed by atoms with Gasteiger partial charge in [-0.25, -0.2) is 14.8 Å². The molecule has 0 saturated carbocycles. The number of carbonyl (C=O) groups is 1. The summed E-state index contributed by atoms with van der Waals surface area (Å²) < 4.78 is 45.4. The van der Waals surface area contributed by atoms with Crippen molar-refractivity contribution in [1.29, 1.82) is 5.26 Å². The zero-order chi connectivity index (χ0) is 20.4. The minimum atomic E-state index is -4.56. The van der Waals surface area contributed by atoms with Gasteiger partial charge in [0.25, 0.3) is 0 Å². The fraction of sp³-hybridized carbons (Fsp3) is 0.562. The molecule has 0 aromatic carbocycles. The summed E-state index contributed by atoms with van der Waals surface area (Å²) in [6, 6.07) is 2.17. The molecule has 2 aliphatic heterocycles. The third kappa shape index (κ3) is 7.75. The average Bonchev–Trinajstić information content (AvgIpc) is 2.68. The Morgan fingerprint density at radius 2 is 2.18 bits per heavy atom.